The third-order valence-electron chi connectivity index (χ3n) is 4.44. The number of rotatable bonds is 5. The van der Waals surface area contributed by atoms with E-state index in [0.717, 1.165) is 13.0 Å². The fourth-order valence-electron chi connectivity index (χ4n) is 2.57. The van der Waals surface area contributed by atoms with E-state index in [1.165, 1.54) is 37.3 Å². The smallest absolute Gasteiger partial charge is 0.0522 e. The van der Waals surface area contributed by atoms with Gasteiger partial charge in [-0.25, -0.2) is 0 Å². The SMILES string of the molecule is CN1CCN(CCc2ccc(C(C)(C)CO)cc2)CC1. The Balaban J connectivity index is 1.85. The van der Waals surface area contributed by atoms with Gasteiger partial charge in [0.25, 0.3) is 0 Å². The Kier molecular flexibility index (Phi) is 5.19. The van der Waals surface area contributed by atoms with Crippen LogP contribution in [0.2, 0.25) is 0 Å². The summed E-state index contributed by atoms with van der Waals surface area (Å²) in [5.74, 6) is 0. The molecule has 0 radical (unpaired) electrons. The first kappa shape index (κ1) is 15.5. The van der Waals surface area contributed by atoms with Gasteiger partial charge < -0.3 is 14.9 Å². The van der Waals surface area contributed by atoms with Gasteiger partial charge in [-0.1, -0.05) is 38.1 Å². The lowest BCUT2D eigenvalue weighted by atomic mass is 9.85. The van der Waals surface area contributed by atoms with Crippen LogP contribution in [-0.2, 0) is 11.8 Å². The molecule has 1 aromatic rings. The van der Waals surface area contributed by atoms with Gasteiger partial charge in [-0.2, -0.15) is 0 Å². The van der Waals surface area contributed by atoms with Gasteiger partial charge in [-0.15, -0.1) is 0 Å². The van der Waals surface area contributed by atoms with Crippen LogP contribution in [0.15, 0.2) is 24.3 Å². The van der Waals surface area contributed by atoms with E-state index in [-0.39, 0.29) is 12.0 Å². The standard InChI is InChI=1S/C17H28N2O/c1-17(2,14-20)16-6-4-15(5-7-16)8-9-19-12-10-18(3)11-13-19/h4-7,20H,8-14H2,1-3H3. The molecule has 0 amide bonds. The van der Waals surface area contributed by atoms with Crippen molar-refractivity contribution >= 4 is 0 Å². The maximum Gasteiger partial charge on any atom is 0.0522 e. The summed E-state index contributed by atoms with van der Waals surface area (Å²) >= 11 is 0. The predicted octanol–water partition coefficient (Wildman–Crippen LogP) is 1.75. The Hall–Kier alpha value is -0.900. The first-order valence-electron chi connectivity index (χ1n) is 7.62. The summed E-state index contributed by atoms with van der Waals surface area (Å²) in [6.07, 6.45) is 1.11. The molecule has 0 aromatic heterocycles. The Morgan fingerprint density at radius 3 is 2.20 bits per heavy atom. The maximum atomic E-state index is 9.40. The van der Waals surface area contributed by atoms with Crippen molar-refractivity contribution in [3.63, 3.8) is 0 Å². The third kappa shape index (κ3) is 4.05. The average Bonchev–Trinajstić information content (AvgIpc) is 2.47. The quantitative estimate of drug-likeness (QED) is 0.887. The molecule has 1 fully saturated rings. The second-order valence-electron chi connectivity index (χ2n) is 6.63. The number of likely N-dealkylation sites (N-methyl/N-ethyl adjacent to an activating group) is 1. The zero-order valence-electron chi connectivity index (χ0n) is 13.1. The summed E-state index contributed by atoms with van der Waals surface area (Å²) in [4.78, 5) is 4.94. The molecule has 1 saturated heterocycles. The molecule has 3 heteroatoms. The summed E-state index contributed by atoms with van der Waals surface area (Å²) < 4.78 is 0. The van der Waals surface area contributed by atoms with E-state index in [0.29, 0.717) is 0 Å². The normalized spacial score (nSPS) is 18.4. The van der Waals surface area contributed by atoms with E-state index in [9.17, 15) is 5.11 Å². The monoisotopic (exact) mass is 276 g/mol. The van der Waals surface area contributed by atoms with E-state index in [1.807, 2.05) is 0 Å². The van der Waals surface area contributed by atoms with Crippen molar-refractivity contribution in [3.05, 3.63) is 35.4 Å². The molecule has 0 atom stereocenters. The highest BCUT2D eigenvalue weighted by Gasteiger charge is 2.19. The van der Waals surface area contributed by atoms with Crippen LogP contribution in [0.1, 0.15) is 25.0 Å². The summed E-state index contributed by atoms with van der Waals surface area (Å²) in [7, 11) is 2.19. The minimum atomic E-state index is -0.143. The van der Waals surface area contributed by atoms with Crippen molar-refractivity contribution in [2.24, 2.45) is 0 Å². The van der Waals surface area contributed by atoms with Crippen LogP contribution in [-0.4, -0.2) is 61.3 Å². The van der Waals surface area contributed by atoms with Gasteiger partial charge in [0.1, 0.15) is 0 Å². The van der Waals surface area contributed by atoms with E-state index in [4.69, 9.17) is 0 Å². The first-order valence-corrected chi connectivity index (χ1v) is 7.62. The van der Waals surface area contributed by atoms with Crippen molar-refractivity contribution in [1.29, 1.82) is 0 Å². The summed E-state index contributed by atoms with van der Waals surface area (Å²) in [5.41, 5.74) is 2.46. The molecule has 0 unspecified atom stereocenters. The molecule has 1 aliphatic heterocycles. The average molecular weight is 276 g/mol. The van der Waals surface area contributed by atoms with E-state index >= 15 is 0 Å². The van der Waals surface area contributed by atoms with Gasteiger partial charge in [0.2, 0.25) is 0 Å². The number of aliphatic hydroxyl groups excluding tert-OH is 1. The van der Waals surface area contributed by atoms with Crippen molar-refractivity contribution in [2.45, 2.75) is 25.7 Å². The zero-order chi connectivity index (χ0) is 14.6. The van der Waals surface area contributed by atoms with Crippen LogP contribution in [0.5, 0.6) is 0 Å². The molecule has 0 spiro atoms. The van der Waals surface area contributed by atoms with E-state index in [1.54, 1.807) is 0 Å². The molecule has 1 aromatic carbocycles. The van der Waals surface area contributed by atoms with Crippen LogP contribution in [0.25, 0.3) is 0 Å². The molecule has 1 aliphatic rings. The molecule has 0 bridgehead atoms. The molecular formula is C17H28N2O. The van der Waals surface area contributed by atoms with E-state index < -0.39 is 0 Å². The number of hydrogen-bond acceptors (Lipinski definition) is 3. The molecular weight excluding hydrogens is 248 g/mol. The zero-order valence-corrected chi connectivity index (χ0v) is 13.1. The van der Waals surface area contributed by atoms with Gasteiger partial charge in [-0.05, 0) is 24.6 Å². The minimum absolute atomic E-state index is 0.143. The Morgan fingerprint density at radius 2 is 1.65 bits per heavy atom. The number of piperazine rings is 1. The molecule has 1 heterocycles. The number of benzene rings is 1. The highest BCUT2D eigenvalue weighted by Crippen LogP contribution is 2.22. The highest BCUT2D eigenvalue weighted by molar-refractivity contribution is 5.28. The third-order valence-corrected chi connectivity index (χ3v) is 4.44. The topological polar surface area (TPSA) is 26.7 Å². The first-order chi connectivity index (χ1) is 9.51. The largest absolute Gasteiger partial charge is 0.395 e. The van der Waals surface area contributed by atoms with Crippen molar-refractivity contribution in [3.8, 4) is 0 Å². The van der Waals surface area contributed by atoms with Gasteiger partial charge in [0.05, 0.1) is 6.61 Å². The fourth-order valence-corrected chi connectivity index (χ4v) is 2.57. The molecule has 112 valence electrons. The van der Waals surface area contributed by atoms with Crippen LogP contribution in [0.3, 0.4) is 0 Å². The molecule has 2 rings (SSSR count). The number of aliphatic hydroxyl groups is 1. The van der Waals surface area contributed by atoms with Crippen molar-refractivity contribution in [2.75, 3.05) is 46.4 Å². The Morgan fingerprint density at radius 1 is 1.05 bits per heavy atom. The lowest BCUT2D eigenvalue weighted by Crippen LogP contribution is -2.45. The van der Waals surface area contributed by atoms with E-state index in [2.05, 4.69) is 55.0 Å². The predicted molar refractivity (Wildman–Crippen MR) is 84.2 cm³/mol. The maximum absolute atomic E-state index is 9.40. The van der Waals surface area contributed by atoms with Gasteiger partial charge >= 0.3 is 0 Å². The van der Waals surface area contributed by atoms with Crippen LogP contribution in [0.4, 0.5) is 0 Å². The second kappa shape index (κ2) is 6.70. The van der Waals surface area contributed by atoms with Gasteiger partial charge in [0, 0.05) is 38.1 Å². The fraction of sp³-hybridized carbons (Fsp3) is 0.647. The van der Waals surface area contributed by atoms with Crippen LogP contribution in [0, 0.1) is 0 Å². The number of hydrogen-bond donors (Lipinski definition) is 1. The molecule has 3 nitrogen and oxygen atoms in total. The Bertz CT molecular complexity index is 406. The molecule has 1 N–H and O–H groups in total. The highest BCUT2D eigenvalue weighted by atomic mass is 16.3. The van der Waals surface area contributed by atoms with Crippen molar-refractivity contribution in [1.82, 2.24) is 9.80 Å². The summed E-state index contributed by atoms with van der Waals surface area (Å²) in [5, 5.41) is 9.40. The van der Waals surface area contributed by atoms with Crippen LogP contribution >= 0.6 is 0 Å². The number of nitrogens with zero attached hydrogens (tertiary/aromatic N) is 2. The van der Waals surface area contributed by atoms with Crippen LogP contribution < -0.4 is 0 Å². The lowest BCUT2D eigenvalue weighted by molar-refractivity contribution is 0.155. The molecule has 0 aliphatic carbocycles. The Labute approximate surface area is 123 Å². The summed E-state index contributed by atoms with van der Waals surface area (Å²) in [6.45, 7) is 10.2. The van der Waals surface area contributed by atoms with Crippen molar-refractivity contribution < 1.29 is 5.11 Å². The molecule has 0 saturated carbocycles. The second-order valence-corrected chi connectivity index (χ2v) is 6.63. The van der Waals surface area contributed by atoms with Gasteiger partial charge in [0.15, 0.2) is 0 Å². The van der Waals surface area contributed by atoms with Gasteiger partial charge in [-0.3, -0.25) is 0 Å². The minimum Gasteiger partial charge on any atom is -0.395 e. The summed E-state index contributed by atoms with van der Waals surface area (Å²) in [6, 6.07) is 8.75. The lowest BCUT2D eigenvalue weighted by Gasteiger charge is -2.32. The molecule has 20 heavy (non-hydrogen) atoms.